The van der Waals surface area contributed by atoms with Gasteiger partial charge in [0.05, 0.1) is 10.8 Å². The molecule has 0 spiro atoms. The molecule has 0 aromatic heterocycles. The lowest BCUT2D eigenvalue weighted by atomic mass is 10.3. The van der Waals surface area contributed by atoms with E-state index in [1.807, 2.05) is 24.3 Å². The van der Waals surface area contributed by atoms with Gasteiger partial charge in [0.15, 0.2) is 0 Å². The molecule has 0 fully saturated rings. The Labute approximate surface area is 101 Å². The van der Waals surface area contributed by atoms with Gasteiger partial charge in [-0.05, 0) is 37.1 Å². The lowest BCUT2D eigenvalue weighted by Crippen LogP contribution is -1.98. The van der Waals surface area contributed by atoms with Gasteiger partial charge in [0.2, 0.25) is 0 Å². The zero-order valence-electron chi connectivity index (χ0n) is 8.49. The van der Waals surface area contributed by atoms with Crippen molar-refractivity contribution in [2.75, 3.05) is 12.4 Å². The fraction of sp³-hybridized carbons (Fsp3) is 0.455. The van der Waals surface area contributed by atoms with Crippen LogP contribution in [0.5, 0.6) is 0 Å². The Hall–Kier alpha value is -0.190. The minimum Gasteiger partial charge on any atom is -0.396 e. The van der Waals surface area contributed by atoms with Crippen molar-refractivity contribution in [2.45, 2.75) is 24.2 Å². The molecular formula is C11H15BrO2S. The predicted octanol–water partition coefficient (Wildman–Crippen LogP) is 2.72. The lowest BCUT2D eigenvalue weighted by molar-refractivity contribution is 0.284. The highest BCUT2D eigenvalue weighted by Crippen LogP contribution is 2.14. The summed E-state index contributed by atoms with van der Waals surface area (Å²) in [6.07, 6.45) is 2.65. The molecule has 0 aliphatic carbocycles. The standard InChI is InChI=1S/C11H15BrO2S/c12-10-4-6-11(7-5-10)15(14)9-3-1-2-8-13/h4-7,13H,1-3,8-9H2. The molecule has 1 atom stereocenters. The predicted molar refractivity (Wildman–Crippen MR) is 66.4 cm³/mol. The first-order valence-electron chi connectivity index (χ1n) is 4.99. The molecule has 0 amide bonds. The van der Waals surface area contributed by atoms with Gasteiger partial charge in [-0.1, -0.05) is 22.4 Å². The SMILES string of the molecule is O=S(CCCCCO)c1ccc(Br)cc1. The van der Waals surface area contributed by atoms with Crippen LogP contribution in [0, 0.1) is 0 Å². The summed E-state index contributed by atoms with van der Waals surface area (Å²) >= 11 is 3.34. The van der Waals surface area contributed by atoms with Gasteiger partial charge < -0.3 is 5.11 Å². The maximum absolute atomic E-state index is 11.8. The van der Waals surface area contributed by atoms with Crippen LogP contribution in [0.25, 0.3) is 0 Å². The molecular weight excluding hydrogens is 276 g/mol. The molecule has 0 saturated carbocycles. The Morgan fingerprint density at radius 1 is 1.13 bits per heavy atom. The summed E-state index contributed by atoms with van der Waals surface area (Å²) in [5.41, 5.74) is 0. The van der Waals surface area contributed by atoms with Gasteiger partial charge in [-0.25, -0.2) is 0 Å². The van der Waals surface area contributed by atoms with E-state index in [2.05, 4.69) is 15.9 Å². The van der Waals surface area contributed by atoms with Crippen molar-refractivity contribution in [3.05, 3.63) is 28.7 Å². The summed E-state index contributed by atoms with van der Waals surface area (Å²) in [7, 11) is -0.898. The second-order valence-electron chi connectivity index (χ2n) is 3.29. The molecule has 0 aliphatic rings. The van der Waals surface area contributed by atoms with E-state index in [-0.39, 0.29) is 6.61 Å². The van der Waals surface area contributed by atoms with E-state index in [1.165, 1.54) is 0 Å². The highest BCUT2D eigenvalue weighted by molar-refractivity contribution is 9.10. The zero-order valence-corrected chi connectivity index (χ0v) is 10.9. The normalized spacial score (nSPS) is 12.7. The van der Waals surface area contributed by atoms with E-state index in [0.717, 1.165) is 28.6 Å². The Balaban J connectivity index is 2.37. The van der Waals surface area contributed by atoms with Crippen molar-refractivity contribution in [1.29, 1.82) is 0 Å². The van der Waals surface area contributed by atoms with Crippen molar-refractivity contribution in [3.63, 3.8) is 0 Å². The summed E-state index contributed by atoms with van der Waals surface area (Å²) in [5.74, 6) is 0.682. The highest BCUT2D eigenvalue weighted by atomic mass is 79.9. The largest absolute Gasteiger partial charge is 0.396 e. The molecule has 1 aromatic rings. The highest BCUT2D eigenvalue weighted by Gasteiger charge is 2.02. The molecule has 1 unspecified atom stereocenters. The summed E-state index contributed by atoms with van der Waals surface area (Å²) in [5, 5.41) is 8.60. The van der Waals surface area contributed by atoms with Crippen LogP contribution in [0.4, 0.5) is 0 Å². The molecule has 0 radical (unpaired) electrons. The third kappa shape index (κ3) is 4.91. The van der Waals surface area contributed by atoms with Crippen molar-refractivity contribution < 1.29 is 9.32 Å². The molecule has 0 heterocycles. The van der Waals surface area contributed by atoms with E-state index in [4.69, 9.17) is 5.11 Å². The van der Waals surface area contributed by atoms with Gasteiger partial charge in [0, 0.05) is 21.7 Å². The molecule has 2 nitrogen and oxygen atoms in total. The van der Waals surface area contributed by atoms with Crippen molar-refractivity contribution in [3.8, 4) is 0 Å². The van der Waals surface area contributed by atoms with E-state index in [0.29, 0.717) is 5.75 Å². The summed E-state index contributed by atoms with van der Waals surface area (Å²) in [6.45, 7) is 0.227. The number of hydrogen-bond acceptors (Lipinski definition) is 2. The average molecular weight is 291 g/mol. The average Bonchev–Trinajstić information content (AvgIpc) is 2.25. The first-order valence-corrected chi connectivity index (χ1v) is 7.10. The van der Waals surface area contributed by atoms with Gasteiger partial charge in [0.1, 0.15) is 0 Å². The zero-order chi connectivity index (χ0) is 11.1. The van der Waals surface area contributed by atoms with Crippen LogP contribution in [0.2, 0.25) is 0 Å². The van der Waals surface area contributed by atoms with Crippen LogP contribution in [0.1, 0.15) is 19.3 Å². The molecule has 1 N–H and O–H groups in total. The number of halogens is 1. The van der Waals surface area contributed by atoms with E-state index in [1.54, 1.807) is 0 Å². The molecule has 84 valence electrons. The first-order chi connectivity index (χ1) is 7.24. The number of aliphatic hydroxyl groups excluding tert-OH is 1. The van der Waals surface area contributed by atoms with Gasteiger partial charge in [-0.15, -0.1) is 0 Å². The fourth-order valence-corrected chi connectivity index (χ4v) is 2.63. The third-order valence-electron chi connectivity index (χ3n) is 2.06. The summed E-state index contributed by atoms with van der Waals surface area (Å²) in [4.78, 5) is 0.877. The monoisotopic (exact) mass is 290 g/mol. The van der Waals surface area contributed by atoms with Crippen LogP contribution in [0.15, 0.2) is 33.6 Å². The van der Waals surface area contributed by atoms with E-state index >= 15 is 0 Å². The maximum Gasteiger partial charge on any atom is 0.0529 e. The smallest absolute Gasteiger partial charge is 0.0529 e. The number of benzene rings is 1. The Bertz CT molecular complexity index is 311. The van der Waals surface area contributed by atoms with Gasteiger partial charge in [-0.3, -0.25) is 4.21 Å². The quantitative estimate of drug-likeness (QED) is 0.818. The minimum absolute atomic E-state index is 0.227. The number of aliphatic hydroxyl groups is 1. The maximum atomic E-state index is 11.8. The molecule has 1 rings (SSSR count). The third-order valence-corrected chi connectivity index (χ3v) is 4.05. The van der Waals surface area contributed by atoms with Crippen LogP contribution < -0.4 is 0 Å². The summed E-state index contributed by atoms with van der Waals surface area (Å²) < 4.78 is 12.8. The number of rotatable bonds is 6. The van der Waals surface area contributed by atoms with Crippen molar-refractivity contribution in [2.24, 2.45) is 0 Å². The van der Waals surface area contributed by atoms with E-state index in [9.17, 15) is 4.21 Å². The first kappa shape index (κ1) is 12.9. The molecule has 15 heavy (non-hydrogen) atoms. The number of unbranched alkanes of at least 4 members (excludes halogenated alkanes) is 2. The van der Waals surface area contributed by atoms with Crippen LogP contribution in [0.3, 0.4) is 0 Å². The Morgan fingerprint density at radius 3 is 2.40 bits per heavy atom. The lowest BCUT2D eigenvalue weighted by Gasteiger charge is -2.02. The molecule has 4 heteroatoms. The molecule has 0 aliphatic heterocycles. The molecule has 0 bridgehead atoms. The van der Waals surface area contributed by atoms with Crippen molar-refractivity contribution in [1.82, 2.24) is 0 Å². The van der Waals surface area contributed by atoms with Crippen LogP contribution in [-0.2, 0) is 10.8 Å². The molecule has 0 saturated heterocycles. The second kappa shape index (κ2) is 7.14. The van der Waals surface area contributed by atoms with Crippen LogP contribution in [-0.4, -0.2) is 21.7 Å². The topological polar surface area (TPSA) is 37.3 Å². The number of hydrogen-bond donors (Lipinski definition) is 1. The minimum atomic E-state index is -0.898. The molecule has 1 aromatic carbocycles. The van der Waals surface area contributed by atoms with Gasteiger partial charge in [-0.2, -0.15) is 0 Å². The summed E-state index contributed by atoms with van der Waals surface area (Å²) in [6, 6.07) is 7.57. The van der Waals surface area contributed by atoms with Crippen molar-refractivity contribution >= 4 is 26.7 Å². The van der Waals surface area contributed by atoms with Gasteiger partial charge >= 0.3 is 0 Å². The Kier molecular flexibility index (Phi) is 6.13. The van der Waals surface area contributed by atoms with E-state index < -0.39 is 10.8 Å². The van der Waals surface area contributed by atoms with Crippen LogP contribution >= 0.6 is 15.9 Å². The fourth-order valence-electron chi connectivity index (χ4n) is 1.23. The second-order valence-corrected chi connectivity index (χ2v) is 5.77. The Morgan fingerprint density at radius 2 is 1.80 bits per heavy atom. The van der Waals surface area contributed by atoms with Gasteiger partial charge in [0.25, 0.3) is 0 Å².